The fourth-order valence-corrected chi connectivity index (χ4v) is 2.72. The molecule has 0 radical (unpaired) electrons. The molecule has 6 heteroatoms. The van der Waals surface area contributed by atoms with Crippen LogP contribution in [0.5, 0.6) is 0 Å². The number of anilines is 1. The van der Waals surface area contributed by atoms with E-state index < -0.39 is 6.04 Å². The van der Waals surface area contributed by atoms with Crippen molar-refractivity contribution in [2.24, 2.45) is 5.92 Å². The van der Waals surface area contributed by atoms with E-state index in [0.717, 1.165) is 5.56 Å². The maximum atomic E-state index is 12.7. The van der Waals surface area contributed by atoms with E-state index in [9.17, 15) is 14.4 Å². The standard InChI is InChI=1S/C22H27N3O3/c1-14(2)19(24-20(26)17-8-6-7-15(3)13-17)21(27)23-18-11-9-16(10-12-18)22(28)25(4)5/h6-14,19H,1-5H3,(H,23,27)(H,24,26). The summed E-state index contributed by atoms with van der Waals surface area (Å²) in [6.07, 6.45) is 0. The van der Waals surface area contributed by atoms with E-state index in [-0.39, 0.29) is 23.6 Å². The lowest BCUT2D eigenvalue weighted by molar-refractivity contribution is -0.118. The van der Waals surface area contributed by atoms with Crippen molar-refractivity contribution in [3.8, 4) is 0 Å². The Bertz CT molecular complexity index is 858. The van der Waals surface area contributed by atoms with Gasteiger partial charge in [-0.15, -0.1) is 0 Å². The van der Waals surface area contributed by atoms with Crippen molar-refractivity contribution in [2.45, 2.75) is 26.8 Å². The van der Waals surface area contributed by atoms with Gasteiger partial charge in [-0.25, -0.2) is 0 Å². The van der Waals surface area contributed by atoms with Crippen molar-refractivity contribution in [3.63, 3.8) is 0 Å². The second kappa shape index (κ2) is 9.17. The van der Waals surface area contributed by atoms with E-state index in [2.05, 4.69) is 10.6 Å². The first-order valence-electron chi connectivity index (χ1n) is 9.19. The van der Waals surface area contributed by atoms with E-state index in [1.807, 2.05) is 32.9 Å². The molecular formula is C22H27N3O3. The summed E-state index contributed by atoms with van der Waals surface area (Å²) in [5, 5.41) is 5.62. The highest BCUT2D eigenvalue weighted by Crippen LogP contribution is 2.13. The zero-order valence-electron chi connectivity index (χ0n) is 16.9. The molecule has 0 aliphatic rings. The zero-order valence-corrected chi connectivity index (χ0v) is 16.9. The van der Waals surface area contributed by atoms with Crippen LogP contribution in [0.4, 0.5) is 5.69 Å². The van der Waals surface area contributed by atoms with Crippen LogP contribution < -0.4 is 10.6 Å². The average molecular weight is 381 g/mol. The molecule has 0 fully saturated rings. The molecule has 2 rings (SSSR count). The molecule has 148 valence electrons. The largest absolute Gasteiger partial charge is 0.345 e. The van der Waals surface area contributed by atoms with Gasteiger partial charge in [0.05, 0.1) is 0 Å². The molecule has 1 atom stereocenters. The minimum Gasteiger partial charge on any atom is -0.345 e. The molecular weight excluding hydrogens is 354 g/mol. The van der Waals surface area contributed by atoms with Gasteiger partial charge in [0.25, 0.3) is 11.8 Å². The number of hydrogen-bond donors (Lipinski definition) is 2. The number of hydrogen-bond acceptors (Lipinski definition) is 3. The summed E-state index contributed by atoms with van der Waals surface area (Å²) < 4.78 is 0. The van der Waals surface area contributed by atoms with Crippen LogP contribution in [0.1, 0.15) is 40.1 Å². The van der Waals surface area contributed by atoms with Crippen LogP contribution in [-0.4, -0.2) is 42.8 Å². The van der Waals surface area contributed by atoms with Gasteiger partial charge in [-0.2, -0.15) is 0 Å². The quantitative estimate of drug-likeness (QED) is 0.807. The molecule has 2 aromatic rings. The lowest BCUT2D eigenvalue weighted by Gasteiger charge is -2.22. The number of nitrogens with one attached hydrogen (secondary N) is 2. The van der Waals surface area contributed by atoms with Crippen molar-refractivity contribution >= 4 is 23.4 Å². The predicted octanol–water partition coefficient (Wildman–Crippen LogP) is 3.09. The number of benzene rings is 2. The maximum Gasteiger partial charge on any atom is 0.253 e. The highest BCUT2D eigenvalue weighted by atomic mass is 16.2. The Morgan fingerprint density at radius 3 is 2.11 bits per heavy atom. The predicted molar refractivity (Wildman–Crippen MR) is 110 cm³/mol. The third-order valence-corrected chi connectivity index (χ3v) is 4.32. The lowest BCUT2D eigenvalue weighted by atomic mass is 10.0. The van der Waals surface area contributed by atoms with Crippen molar-refractivity contribution in [3.05, 3.63) is 65.2 Å². The first kappa shape index (κ1) is 21.2. The van der Waals surface area contributed by atoms with Crippen LogP contribution in [-0.2, 0) is 4.79 Å². The average Bonchev–Trinajstić information content (AvgIpc) is 2.65. The number of nitrogens with zero attached hydrogens (tertiary/aromatic N) is 1. The molecule has 2 N–H and O–H groups in total. The number of carbonyl (C=O) groups excluding carboxylic acids is 3. The van der Waals surface area contributed by atoms with Gasteiger partial charge in [-0.3, -0.25) is 14.4 Å². The Kier molecular flexibility index (Phi) is 6.93. The van der Waals surface area contributed by atoms with Crippen LogP contribution in [0.2, 0.25) is 0 Å². The molecule has 0 bridgehead atoms. The number of amides is 3. The molecule has 0 aromatic heterocycles. The van der Waals surface area contributed by atoms with E-state index >= 15 is 0 Å². The molecule has 0 aliphatic heterocycles. The molecule has 0 saturated carbocycles. The summed E-state index contributed by atoms with van der Waals surface area (Å²) in [5.41, 5.74) is 2.60. The fraction of sp³-hybridized carbons (Fsp3) is 0.318. The van der Waals surface area contributed by atoms with Gasteiger partial charge in [-0.1, -0.05) is 31.5 Å². The number of rotatable bonds is 6. The molecule has 28 heavy (non-hydrogen) atoms. The van der Waals surface area contributed by atoms with Crippen LogP contribution >= 0.6 is 0 Å². The van der Waals surface area contributed by atoms with Gasteiger partial charge in [0.2, 0.25) is 5.91 Å². The van der Waals surface area contributed by atoms with E-state index in [1.54, 1.807) is 50.5 Å². The zero-order chi connectivity index (χ0) is 20.8. The third kappa shape index (κ3) is 5.42. The minimum absolute atomic E-state index is 0.0941. The van der Waals surface area contributed by atoms with E-state index in [0.29, 0.717) is 16.8 Å². The molecule has 3 amide bonds. The Hall–Kier alpha value is -3.15. The van der Waals surface area contributed by atoms with Crippen LogP contribution in [0.3, 0.4) is 0 Å². The SMILES string of the molecule is Cc1cccc(C(=O)NC(C(=O)Nc2ccc(C(=O)N(C)C)cc2)C(C)C)c1. The van der Waals surface area contributed by atoms with Crippen LogP contribution in [0.25, 0.3) is 0 Å². The summed E-state index contributed by atoms with van der Waals surface area (Å²) in [4.78, 5) is 38.7. The molecule has 6 nitrogen and oxygen atoms in total. The summed E-state index contributed by atoms with van der Waals surface area (Å²) in [7, 11) is 3.37. The Morgan fingerprint density at radius 1 is 0.929 bits per heavy atom. The second-order valence-corrected chi connectivity index (χ2v) is 7.33. The topological polar surface area (TPSA) is 78.5 Å². The maximum absolute atomic E-state index is 12.7. The summed E-state index contributed by atoms with van der Waals surface area (Å²) in [5.74, 6) is -0.793. The van der Waals surface area contributed by atoms with E-state index in [1.165, 1.54) is 4.90 Å². The third-order valence-electron chi connectivity index (χ3n) is 4.32. The van der Waals surface area contributed by atoms with Crippen molar-refractivity contribution in [1.29, 1.82) is 0 Å². The summed E-state index contributed by atoms with van der Waals surface area (Å²) >= 11 is 0. The van der Waals surface area contributed by atoms with Gasteiger partial charge >= 0.3 is 0 Å². The molecule has 0 heterocycles. The molecule has 0 spiro atoms. The summed E-state index contributed by atoms with van der Waals surface area (Å²) in [6.45, 7) is 5.66. The molecule has 1 unspecified atom stereocenters. The number of carbonyl (C=O) groups is 3. The first-order valence-corrected chi connectivity index (χ1v) is 9.19. The van der Waals surface area contributed by atoms with Gasteiger partial charge in [0, 0.05) is 30.9 Å². The van der Waals surface area contributed by atoms with Crippen LogP contribution in [0.15, 0.2) is 48.5 Å². The normalized spacial score (nSPS) is 11.6. The second-order valence-electron chi connectivity index (χ2n) is 7.33. The Balaban J connectivity index is 2.08. The van der Waals surface area contributed by atoms with Gasteiger partial charge < -0.3 is 15.5 Å². The first-order chi connectivity index (χ1) is 13.2. The highest BCUT2D eigenvalue weighted by molar-refractivity contribution is 6.01. The lowest BCUT2D eigenvalue weighted by Crippen LogP contribution is -2.47. The van der Waals surface area contributed by atoms with Crippen LogP contribution in [0, 0.1) is 12.8 Å². The molecule has 0 aliphatic carbocycles. The summed E-state index contributed by atoms with van der Waals surface area (Å²) in [6, 6.07) is 13.2. The van der Waals surface area contributed by atoms with Crippen molar-refractivity contribution in [1.82, 2.24) is 10.2 Å². The van der Waals surface area contributed by atoms with Gasteiger partial charge in [-0.05, 0) is 49.2 Å². The smallest absolute Gasteiger partial charge is 0.253 e. The van der Waals surface area contributed by atoms with Gasteiger partial charge in [0.1, 0.15) is 6.04 Å². The number of aryl methyl sites for hydroxylation is 1. The Morgan fingerprint density at radius 2 is 1.57 bits per heavy atom. The van der Waals surface area contributed by atoms with E-state index in [4.69, 9.17) is 0 Å². The van der Waals surface area contributed by atoms with Crippen molar-refractivity contribution < 1.29 is 14.4 Å². The monoisotopic (exact) mass is 381 g/mol. The minimum atomic E-state index is -0.684. The fourth-order valence-electron chi connectivity index (χ4n) is 2.72. The van der Waals surface area contributed by atoms with Crippen molar-refractivity contribution in [2.75, 3.05) is 19.4 Å². The highest BCUT2D eigenvalue weighted by Gasteiger charge is 2.25. The van der Waals surface area contributed by atoms with Gasteiger partial charge in [0.15, 0.2) is 0 Å². The molecule has 2 aromatic carbocycles. The Labute approximate surface area is 165 Å². The molecule has 0 saturated heterocycles.